The summed E-state index contributed by atoms with van der Waals surface area (Å²) in [6, 6.07) is 3.04. The van der Waals surface area contributed by atoms with Crippen LogP contribution in [0.1, 0.15) is 23.6 Å². The molecule has 8 nitrogen and oxygen atoms in total. The van der Waals surface area contributed by atoms with E-state index in [1.54, 1.807) is 18.2 Å². The van der Waals surface area contributed by atoms with Crippen molar-refractivity contribution < 1.29 is 17.7 Å². The molecule has 11 heteroatoms. The Morgan fingerprint density at radius 1 is 1.32 bits per heavy atom. The lowest BCUT2D eigenvalue weighted by Crippen LogP contribution is -2.48. The fourth-order valence-corrected chi connectivity index (χ4v) is 5.70. The summed E-state index contributed by atoms with van der Waals surface area (Å²) in [4.78, 5) is 19.7. The first kappa shape index (κ1) is 16.6. The quantitative estimate of drug-likeness (QED) is 0.777. The van der Waals surface area contributed by atoms with Gasteiger partial charge < -0.3 is 4.52 Å². The van der Waals surface area contributed by atoms with Crippen molar-refractivity contribution in [3.05, 3.63) is 40.3 Å². The van der Waals surface area contributed by atoms with Crippen molar-refractivity contribution in [2.24, 2.45) is 4.99 Å². The number of halogens is 1. The molecule has 0 aromatic carbocycles. The zero-order valence-corrected chi connectivity index (χ0v) is 15.0. The molecule has 2 aromatic heterocycles. The van der Waals surface area contributed by atoms with Gasteiger partial charge in [0.15, 0.2) is 5.82 Å². The summed E-state index contributed by atoms with van der Waals surface area (Å²) < 4.78 is 32.0. The lowest BCUT2D eigenvalue weighted by molar-refractivity contribution is -0.118. The summed E-state index contributed by atoms with van der Waals surface area (Å²) >= 11 is 6.82. The van der Waals surface area contributed by atoms with Crippen LogP contribution in [0.4, 0.5) is 0 Å². The summed E-state index contributed by atoms with van der Waals surface area (Å²) in [5, 5.41) is 3.83. The topological polar surface area (TPSA) is 106 Å². The van der Waals surface area contributed by atoms with Crippen LogP contribution < -0.4 is 0 Å². The maximum absolute atomic E-state index is 12.4. The predicted octanol–water partition coefficient (Wildman–Crippen LogP) is 1.82. The van der Waals surface area contributed by atoms with Crippen molar-refractivity contribution in [2.75, 3.05) is 13.1 Å². The molecule has 4 rings (SSSR count). The second kappa shape index (κ2) is 6.13. The molecule has 0 bridgehead atoms. The molecular weight excluding hydrogens is 388 g/mol. The lowest BCUT2D eigenvalue weighted by atomic mass is 10.0. The minimum atomic E-state index is -3.55. The molecule has 25 heavy (non-hydrogen) atoms. The van der Waals surface area contributed by atoms with E-state index >= 15 is 0 Å². The van der Waals surface area contributed by atoms with Crippen LogP contribution in [-0.4, -0.2) is 48.1 Å². The van der Waals surface area contributed by atoms with E-state index in [4.69, 9.17) is 16.1 Å². The van der Waals surface area contributed by atoms with E-state index in [2.05, 4.69) is 15.1 Å². The summed E-state index contributed by atoms with van der Waals surface area (Å²) in [6.07, 6.45) is 4.69. The third kappa shape index (κ3) is 2.95. The van der Waals surface area contributed by atoms with Crippen molar-refractivity contribution in [1.82, 2.24) is 14.4 Å². The first-order chi connectivity index (χ1) is 11.9. The first-order valence-corrected chi connectivity index (χ1v) is 9.92. The monoisotopic (exact) mass is 398 g/mol. The molecule has 1 saturated heterocycles. The maximum atomic E-state index is 12.4. The minimum Gasteiger partial charge on any atom is -0.339 e. The Morgan fingerprint density at radius 3 is 2.80 bits per heavy atom. The second-order valence-corrected chi connectivity index (χ2v) is 9.43. The van der Waals surface area contributed by atoms with Gasteiger partial charge in [0.25, 0.3) is 15.9 Å². The molecule has 0 spiro atoms. The van der Waals surface area contributed by atoms with Gasteiger partial charge in [0.05, 0.1) is 10.3 Å². The van der Waals surface area contributed by atoms with Crippen LogP contribution in [0, 0.1) is 0 Å². The highest BCUT2D eigenvalue weighted by molar-refractivity contribution is 7.91. The lowest BCUT2D eigenvalue weighted by Gasteiger charge is -2.35. The molecule has 2 aromatic rings. The molecule has 1 fully saturated rings. The van der Waals surface area contributed by atoms with E-state index in [-0.39, 0.29) is 34.9 Å². The first-order valence-electron chi connectivity index (χ1n) is 7.29. The van der Waals surface area contributed by atoms with Crippen LogP contribution in [0.15, 0.2) is 38.0 Å². The van der Waals surface area contributed by atoms with Gasteiger partial charge in [-0.05, 0) is 18.2 Å². The van der Waals surface area contributed by atoms with E-state index < -0.39 is 15.9 Å². The van der Waals surface area contributed by atoms with Crippen LogP contribution in [0.5, 0.6) is 0 Å². The molecule has 0 N–H and O–H groups in total. The number of aromatic nitrogens is 2. The fraction of sp³-hybridized carbons (Fsp3) is 0.286. The van der Waals surface area contributed by atoms with Gasteiger partial charge in [0.1, 0.15) is 10.1 Å². The van der Waals surface area contributed by atoms with Crippen molar-refractivity contribution in [3.8, 4) is 0 Å². The van der Waals surface area contributed by atoms with Gasteiger partial charge in [-0.25, -0.2) is 13.4 Å². The van der Waals surface area contributed by atoms with Crippen LogP contribution >= 0.6 is 22.9 Å². The number of hydrogen-bond acceptors (Lipinski definition) is 7. The summed E-state index contributed by atoms with van der Waals surface area (Å²) in [7, 11) is -3.55. The number of carbonyl (C=O) groups is 1. The Kier molecular flexibility index (Phi) is 4.07. The summed E-state index contributed by atoms with van der Waals surface area (Å²) in [6.45, 7) is 0.484. The minimum absolute atomic E-state index is 0.197. The van der Waals surface area contributed by atoms with Gasteiger partial charge in [-0.15, -0.1) is 11.3 Å². The van der Waals surface area contributed by atoms with Gasteiger partial charge in [-0.1, -0.05) is 22.8 Å². The Hall–Kier alpha value is -1.88. The average molecular weight is 399 g/mol. The van der Waals surface area contributed by atoms with Crippen LogP contribution in [-0.2, 0) is 14.8 Å². The highest BCUT2D eigenvalue weighted by Crippen LogP contribution is 2.35. The van der Waals surface area contributed by atoms with Crippen LogP contribution in [0.3, 0.4) is 0 Å². The Labute approximate surface area is 151 Å². The number of rotatable bonds is 4. The summed E-state index contributed by atoms with van der Waals surface area (Å²) in [5.74, 6) is -0.656. The molecule has 0 aliphatic carbocycles. The highest BCUT2D eigenvalue weighted by Gasteiger charge is 2.41. The number of thiophene rings is 1. The van der Waals surface area contributed by atoms with E-state index in [9.17, 15) is 13.2 Å². The van der Waals surface area contributed by atoms with E-state index in [1.807, 2.05) is 0 Å². The van der Waals surface area contributed by atoms with Crippen molar-refractivity contribution in [1.29, 1.82) is 0 Å². The van der Waals surface area contributed by atoms with Crippen molar-refractivity contribution in [2.45, 2.75) is 16.0 Å². The Balaban J connectivity index is 1.45. The van der Waals surface area contributed by atoms with Gasteiger partial charge in [0.2, 0.25) is 5.89 Å². The number of allylic oxidation sites excluding steroid dienone is 1. The SMILES string of the molecule is O=C1N=CC=CC1c1noc(C2CN(S(=O)(=O)c3ccc(Cl)s3)C2)n1. The van der Waals surface area contributed by atoms with Gasteiger partial charge in [-0.2, -0.15) is 9.29 Å². The third-order valence-corrected chi connectivity index (χ3v) is 7.46. The zero-order valence-electron chi connectivity index (χ0n) is 12.6. The van der Waals surface area contributed by atoms with Crippen LogP contribution in [0.2, 0.25) is 4.34 Å². The molecule has 0 saturated carbocycles. The van der Waals surface area contributed by atoms with Crippen molar-refractivity contribution >= 4 is 45.1 Å². The number of hydrogen-bond donors (Lipinski definition) is 0. The number of aliphatic imine (C=N–C) groups is 1. The zero-order chi connectivity index (χ0) is 17.6. The smallest absolute Gasteiger partial charge is 0.260 e. The van der Waals surface area contributed by atoms with E-state index in [0.717, 1.165) is 11.3 Å². The van der Waals surface area contributed by atoms with Gasteiger partial charge >= 0.3 is 0 Å². The Morgan fingerprint density at radius 2 is 2.12 bits per heavy atom. The van der Waals surface area contributed by atoms with Gasteiger partial charge in [0, 0.05) is 19.3 Å². The van der Waals surface area contributed by atoms with Crippen molar-refractivity contribution in [3.63, 3.8) is 0 Å². The summed E-state index contributed by atoms with van der Waals surface area (Å²) in [5.41, 5.74) is 0. The molecule has 1 amide bonds. The third-order valence-electron chi connectivity index (χ3n) is 3.93. The normalized spacial score (nSPS) is 21.6. The fourth-order valence-electron chi connectivity index (χ4n) is 2.53. The molecule has 2 aliphatic rings. The molecule has 130 valence electrons. The molecule has 1 unspecified atom stereocenters. The standard InChI is InChI=1S/C14H11ClN4O4S2/c15-10-3-4-11(24-10)25(21,22)19-6-8(7-19)14-17-12(18-23-14)9-2-1-5-16-13(9)20/h1-5,8-9H,6-7H2. The van der Waals surface area contributed by atoms with Crippen LogP contribution in [0.25, 0.3) is 0 Å². The molecular formula is C14H11ClN4O4S2. The second-order valence-electron chi connectivity index (χ2n) is 5.55. The Bertz CT molecular complexity index is 988. The molecule has 2 aliphatic heterocycles. The van der Waals surface area contributed by atoms with E-state index in [1.165, 1.54) is 16.6 Å². The largest absolute Gasteiger partial charge is 0.339 e. The number of nitrogens with zero attached hydrogens (tertiary/aromatic N) is 4. The number of dihydropyridines is 1. The number of sulfonamides is 1. The molecule has 0 radical (unpaired) electrons. The highest BCUT2D eigenvalue weighted by atomic mass is 35.5. The predicted molar refractivity (Wildman–Crippen MR) is 90.5 cm³/mol. The number of carbonyl (C=O) groups excluding carboxylic acids is 1. The number of amides is 1. The molecule has 1 atom stereocenters. The van der Waals surface area contributed by atoms with Gasteiger partial charge in [-0.3, -0.25) is 4.79 Å². The maximum Gasteiger partial charge on any atom is 0.260 e. The molecule has 4 heterocycles. The van der Waals surface area contributed by atoms with E-state index in [0.29, 0.717) is 10.2 Å². The average Bonchev–Trinajstić information content (AvgIpc) is 3.16.